The number of nitrogens with one attached hydrogen (secondary N) is 2. The predicted octanol–water partition coefficient (Wildman–Crippen LogP) is 2.97. The van der Waals surface area contributed by atoms with Gasteiger partial charge in [0.1, 0.15) is 5.60 Å². The van der Waals surface area contributed by atoms with E-state index in [1.807, 2.05) is 52.0 Å². The second kappa shape index (κ2) is 7.26. The minimum absolute atomic E-state index is 0.177. The van der Waals surface area contributed by atoms with Crippen LogP contribution in [0.4, 0.5) is 10.5 Å². The molecule has 0 bridgehead atoms. The fourth-order valence-corrected chi connectivity index (χ4v) is 1.82. The minimum Gasteiger partial charge on any atom is -0.444 e. The van der Waals surface area contributed by atoms with Crippen LogP contribution in [-0.2, 0) is 4.74 Å². The lowest BCUT2D eigenvalue weighted by Gasteiger charge is -2.21. The van der Waals surface area contributed by atoms with E-state index in [9.17, 15) is 4.79 Å². The van der Waals surface area contributed by atoms with Crippen molar-refractivity contribution in [3.05, 3.63) is 29.8 Å². The van der Waals surface area contributed by atoms with Gasteiger partial charge in [-0.05, 0) is 56.6 Å². The number of anilines is 1. The molecule has 0 saturated carbocycles. The maximum Gasteiger partial charge on any atom is 0.407 e. The summed E-state index contributed by atoms with van der Waals surface area (Å²) >= 11 is 4.78. The molecule has 0 aliphatic carbocycles. The molecule has 0 radical (unpaired) electrons. The fraction of sp³-hybridized carbons (Fsp3) is 0.467. The molecule has 0 aromatic heterocycles. The minimum atomic E-state index is -0.485. The molecule has 5 nitrogen and oxygen atoms in total. The van der Waals surface area contributed by atoms with Crippen molar-refractivity contribution < 1.29 is 9.53 Å². The Labute approximate surface area is 131 Å². The maximum absolute atomic E-state index is 11.6. The average molecular weight is 309 g/mol. The van der Waals surface area contributed by atoms with Gasteiger partial charge in [-0.1, -0.05) is 19.1 Å². The Kier molecular flexibility index (Phi) is 5.96. The topological polar surface area (TPSA) is 76.4 Å². The highest BCUT2D eigenvalue weighted by atomic mass is 32.1. The SMILES string of the molecule is CC(CNC(=O)OC(C)(C)C)c1ccc(NC(N)=S)cc1. The molecule has 1 aromatic carbocycles. The van der Waals surface area contributed by atoms with Gasteiger partial charge in [0.2, 0.25) is 0 Å². The molecule has 0 heterocycles. The molecule has 6 heteroatoms. The normalized spacial score (nSPS) is 12.4. The Bertz CT molecular complexity index is 495. The zero-order chi connectivity index (χ0) is 16.0. The summed E-state index contributed by atoms with van der Waals surface area (Å²) in [5.74, 6) is 0.177. The van der Waals surface area contributed by atoms with Crippen LogP contribution < -0.4 is 16.4 Å². The molecule has 116 valence electrons. The smallest absolute Gasteiger partial charge is 0.407 e. The molecule has 1 amide bonds. The molecule has 21 heavy (non-hydrogen) atoms. The number of hydrogen-bond donors (Lipinski definition) is 3. The van der Waals surface area contributed by atoms with Crippen molar-refractivity contribution in [1.29, 1.82) is 0 Å². The van der Waals surface area contributed by atoms with E-state index in [4.69, 9.17) is 22.7 Å². The van der Waals surface area contributed by atoms with Crippen molar-refractivity contribution in [3.8, 4) is 0 Å². The molecular formula is C15H23N3O2S. The third-order valence-corrected chi connectivity index (χ3v) is 2.80. The number of hydrogen-bond acceptors (Lipinski definition) is 3. The van der Waals surface area contributed by atoms with E-state index >= 15 is 0 Å². The summed E-state index contributed by atoms with van der Waals surface area (Å²) in [5.41, 5.74) is 6.88. The second-order valence-electron chi connectivity index (χ2n) is 5.90. The third-order valence-electron chi connectivity index (χ3n) is 2.70. The van der Waals surface area contributed by atoms with E-state index in [-0.39, 0.29) is 11.0 Å². The van der Waals surface area contributed by atoms with Crippen LogP contribution >= 0.6 is 12.2 Å². The monoisotopic (exact) mass is 309 g/mol. The van der Waals surface area contributed by atoms with Gasteiger partial charge in [0, 0.05) is 12.2 Å². The van der Waals surface area contributed by atoms with Gasteiger partial charge in [-0.25, -0.2) is 4.79 Å². The fourth-order valence-electron chi connectivity index (χ4n) is 1.71. The molecule has 0 saturated heterocycles. The van der Waals surface area contributed by atoms with Gasteiger partial charge in [-0.15, -0.1) is 0 Å². The summed E-state index contributed by atoms with van der Waals surface area (Å²) in [7, 11) is 0. The summed E-state index contributed by atoms with van der Waals surface area (Å²) in [6.45, 7) is 8.06. The second-order valence-corrected chi connectivity index (χ2v) is 6.33. The van der Waals surface area contributed by atoms with Crippen LogP contribution in [-0.4, -0.2) is 23.4 Å². The lowest BCUT2D eigenvalue weighted by Crippen LogP contribution is -2.34. The zero-order valence-electron chi connectivity index (χ0n) is 12.9. The van der Waals surface area contributed by atoms with E-state index in [2.05, 4.69) is 10.6 Å². The highest BCUT2D eigenvalue weighted by molar-refractivity contribution is 7.80. The van der Waals surface area contributed by atoms with E-state index < -0.39 is 11.7 Å². The molecule has 0 fully saturated rings. The van der Waals surface area contributed by atoms with Crippen LogP contribution in [0.3, 0.4) is 0 Å². The Morgan fingerprint density at radius 3 is 2.38 bits per heavy atom. The highest BCUT2D eigenvalue weighted by Crippen LogP contribution is 2.17. The van der Waals surface area contributed by atoms with Gasteiger partial charge < -0.3 is 21.1 Å². The molecular weight excluding hydrogens is 286 g/mol. The predicted molar refractivity (Wildman–Crippen MR) is 89.5 cm³/mol. The van der Waals surface area contributed by atoms with Crippen molar-refractivity contribution in [2.45, 2.75) is 39.2 Å². The standard InChI is InChI=1S/C15H23N3O2S/c1-10(9-17-14(19)20-15(2,3)4)11-5-7-12(8-6-11)18-13(16)21/h5-8,10H,9H2,1-4H3,(H,17,19)(H3,16,18,21). The number of ether oxygens (including phenoxy) is 1. The van der Waals surface area contributed by atoms with E-state index in [0.29, 0.717) is 6.54 Å². The summed E-state index contributed by atoms with van der Waals surface area (Å²) < 4.78 is 5.20. The van der Waals surface area contributed by atoms with Crippen LogP contribution in [0.2, 0.25) is 0 Å². The van der Waals surface area contributed by atoms with Crippen LogP contribution in [0.25, 0.3) is 0 Å². The molecule has 1 atom stereocenters. The molecule has 0 aliphatic rings. The summed E-state index contributed by atoms with van der Waals surface area (Å²) in [6.07, 6.45) is -0.402. The van der Waals surface area contributed by atoms with Crippen LogP contribution in [0.15, 0.2) is 24.3 Å². The lowest BCUT2D eigenvalue weighted by atomic mass is 10.0. The molecule has 0 spiro atoms. The molecule has 1 unspecified atom stereocenters. The summed E-state index contributed by atoms with van der Waals surface area (Å²) in [5, 5.41) is 5.87. The Balaban J connectivity index is 2.50. The number of nitrogens with two attached hydrogens (primary N) is 1. The largest absolute Gasteiger partial charge is 0.444 e. The van der Waals surface area contributed by atoms with Crippen molar-refractivity contribution in [1.82, 2.24) is 5.32 Å². The van der Waals surface area contributed by atoms with Gasteiger partial charge in [0.25, 0.3) is 0 Å². The average Bonchev–Trinajstić information content (AvgIpc) is 2.34. The summed E-state index contributed by atoms with van der Waals surface area (Å²) in [4.78, 5) is 11.6. The first-order valence-electron chi connectivity index (χ1n) is 6.80. The Morgan fingerprint density at radius 1 is 1.33 bits per heavy atom. The number of benzene rings is 1. The number of carbonyl (C=O) groups is 1. The first-order valence-corrected chi connectivity index (χ1v) is 7.21. The van der Waals surface area contributed by atoms with Crippen molar-refractivity contribution >= 4 is 29.1 Å². The Morgan fingerprint density at radius 2 is 1.90 bits per heavy atom. The third kappa shape index (κ3) is 6.94. The van der Waals surface area contributed by atoms with Crippen LogP contribution in [0, 0.1) is 0 Å². The van der Waals surface area contributed by atoms with Crippen molar-refractivity contribution in [2.75, 3.05) is 11.9 Å². The number of thiocarbonyl (C=S) groups is 1. The quantitative estimate of drug-likeness (QED) is 0.745. The zero-order valence-corrected chi connectivity index (χ0v) is 13.7. The van der Waals surface area contributed by atoms with E-state index in [1.165, 1.54) is 0 Å². The van der Waals surface area contributed by atoms with Gasteiger partial charge in [0.15, 0.2) is 5.11 Å². The van der Waals surface area contributed by atoms with Crippen molar-refractivity contribution in [3.63, 3.8) is 0 Å². The van der Waals surface area contributed by atoms with E-state index in [0.717, 1.165) is 11.3 Å². The number of alkyl carbamates (subject to hydrolysis) is 1. The van der Waals surface area contributed by atoms with Gasteiger partial charge in [0.05, 0.1) is 0 Å². The lowest BCUT2D eigenvalue weighted by molar-refractivity contribution is 0.0525. The molecule has 1 rings (SSSR count). The Hall–Kier alpha value is -1.82. The number of carbonyl (C=O) groups excluding carboxylic acids is 1. The molecule has 1 aromatic rings. The summed E-state index contributed by atoms with van der Waals surface area (Å²) in [6, 6.07) is 7.75. The van der Waals surface area contributed by atoms with Gasteiger partial charge in [-0.2, -0.15) is 0 Å². The van der Waals surface area contributed by atoms with Crippen LogP contribution in [0.1, 0.15) is 39.2 Å². The maximum atomic E-state index is 11.6. The van der Waals surface area contributed by atoms with E-state index in [1.54, 1.807) is 0 Å². The number of rotatable bonds is 4. The highest BCUT2D eigenvalue weighted by Gasteiger charge is 2.16. The first kappa shape index (κ1) is 17.2. The van der Waals surface area contributed by atoms with Crippen molar-refractivity contribution in [2.24, 2.45) is 5.73 Å². The van der Waals surface area contributed by atoms with Gasteiger partial charge in [-0.3, -0.25) is 0 Å². The van der Waals surface area contributed by atoms with Crippen LogP contribution in [0.5, 0.6) is 0 Å². The first-order chi connectivity index (χ1) is 9.67. The molecule has 0 aliphatic heterocycles. The molecule has 4 N–H and O–H groups in total. The van der Waals surface area contributed by atoms with Gasteiger partial charge >= 0.3 is 6.09 Å². The number of amides is 1.